The second kappa shape index (κ2) is 7.87. The van der Waals surface area contributed by atoms with Crippen molar-refractivity contribution < 1.29 is 9.59 Å². The van der Waals surface area contributed by atoms with E-state index in [2.05, 4.69) is 20.7 Å². The van der Waals surface area contributed by atoms with Gasteiger partial charge in [0.1, 0.15) is 12.9 Å². The molecule has 0 aliphatic heterocycles. The third kappa shape index (κ3) is 4.74. The van der Waals surface area contributed by atoms with Crippen LogP contribution in [0.2, 0.25) is 0 Å². The predicted molar refractivity (Wildman–Crippen MR) is 92.7 cm³/mol. The molecule has 0 aliphatic carbocycles. The Kier molecular flexibility index (Phi) is 5.16. The fourth-order valence-electron chi connectivity index (χ4n) is 2.19. The second-order valence-electron chi connectivity index (χ2n) is 5.35. The Morgan fingerprint density at radius 3 is 2.36 bits per heavy atom. The van der Waals surface area contributed by atoms with Gasteiger partial charge in [-0.2, -0.15) is 0 Å². The highest BCUT2D eigenvalue weighted by Crippen LogP contribution is 2.04. The Hall–Kier alpha value is -3.48. The average Bonchev–Trinajstić information content (AvgIpc) is 3.08. The van der Waals surface area contributed by atoms with Crippen LogP contribution >= 0.6 is 0 Å². The third-order valence-corrected chi connectivity index (χ3v) is 3.44. The van der Waals surface area contributed by atoms with Gasteiger partial charge in [-0.05, 0) is 17.7 Å². The van der Waals surface area contributed by atoms with Gasteiger partial charge in [0.05, 0.1) is 0 Å². The molecule has 7 heteroatoms. The lowest BCUT2D eigenvalue weighted by atomic mass is 10.2. The van der Waals surface area contributed by atoms with Crippen molar-refractivity contribution in [2.75, 3.05) is 5.32 Å². The van der Waals surface area contributed by atoms with Crippen molar-refractivity contribution in [2.24, 2.45) is 0 Å². The molecule has 3 rings (SSSR count). The first-order valence-electron chi connectivity index (χ1n) is 7.77. The van der Waals surface area contributed by atoms with Crippen LogP contribution < -0.4 is 10.6 Å². The minimum Gasteiger partial charge on any atom is -0.350 e. The summed E-state index contributed by atoms with van der Waals surface area (Å²) in [6.07, 6.45) is 1.41. The van der Waals surface area contributed by atoms with Crippen molar-refractivity contribution in [1.82, 2.24) is 20.1 Å². The highest BCUT2D eigenvalue weighted by molar-refractivity contribution is 6.03. The summed E-state index contributed by atoms with van der Waals surface area (Å²) in [5.41, 5.74) is 1.53. The van der Waals surface area contributed by atoms with Crippen molar-refractivity contribution in [3.8, 4) is 0 Å². The number of amides is 2. The first kappa shape index (κ1) is 16.4. The zero-order valence-corrected chi connectivity index (χ0v) is 13.4. The summed E-state index contributed by atoms with van der Waals surface area (Å²) in [5.74, 6) is -0.328. The molecule has 7 nitrogen and oxygen atoms in total. The SMILES string of the molecule is O=C(Cn1cnc(NC(=O)c2ccccc2)n1)NCc1ccccc1. The van der Waals surface area contributed by atoms with Crippen molar-refractivity contribution in [2.45, 2.75) is 13.1 Å². The van der Waals surface area contributed by atoms with Gasteiger partial charge in [0, 0.05) is 12.1 Å². The highest BCUT2D eigenvalue weighted by atomic mass is 16.2. The van der Waals surface area contributed by atoms with Crippen molar-refractivity contribution >= 4 is 17.8 Å². The van der Waals surface area contributed by atoms with E-state index < -0.39 is 0 Å². The minimum atomic E-state index is -0.299. The summed E-state index contributed by atoms with van der Waals surface area (Å²) < 4.78 is 1.38. The molecule has 2 N–H and O–H groups in total. The predicted octanol–water partition coefficient (Wildman–Crippen LogP) is 1.85. The summed E-state index contributed by atoms with van der Waals surface area (Å²) in [7, 11) is 0. The molecule has 1 aromatic heterocycles. The molecule has 3 aromatic rings. The normalized spacial score (nSPS) is 10.2. The van der Waals surface area contributed by atoms with E-state index in [9.17, 15) is 9.59 Å². The summed E-state index contributed by atoms with van der Waals surface area (Å²) in [6, 6.07) is 18.4. The molecule has 0 saturated carbocycles. The van der Waals surface area contributed by atoms with Gasteiger partial charge < -0.3 is 5.32 Å². The number of anilines is 1. The smallest absolute Gasteiger partial charge is 0.258 e. The molecule has 0 aliphatic rings. The molecular weight excluding hydrogens is 318 g/mol. The maximum atomic E-state index is 12.0. The Bertz CT molecular complexity index is 846. The molecular formula is C18H17N5O2. The highest BCUT2D eigenvalue weighted by Gasteiger charge is 2.10. The van der Waals surface area contributed by atoms with Crippen LogP contribution in [-0.2, 0) is 17.9 Å². The number of hydrogen-bond donors (Lipinski definition) is 2. The topological polar surface area (TPSA) is 88.9 Å². The average molecular weight is 335 g/mol. The van der Waals surface area contributed by atoms with E-state index in [-0.39, 0.29) is 24.3 Å². The molecule has 126 valence electrons. The first-order valence-corrected chi connectivity index (χ1v) is 7.77. The van der Waals surface area contributed by atoms with Gasteiger partial charge in [0.25, 0.3) is 5.91 Å². The van der Waals surface area contributed by atoms with Crippen LogP contribution in [-0.4, -0.2) is 26.6 Å². The molecule has 2 amide bonds. The van der Waals surface area contributed by atoms with Crippen LogP contribution in [0, 0.1) is 0 Å². The Balaban J connectivity index is 1.51. The maximum Gasteiger partial charge on any atom is 0.258 e. The molecule has 0 radical (unpaired) electrons. The van der Waals surface area contributed by atoms with Gasteiger partial charge >= 0.3 is 0 Å². The number of hydrogen-bond acceptors (Lipinski definition) is 4. The van der Waals surface area contributed by atoms with Crippen LogP contribution in [0.1, 0.15) is 15.9 Å². The monoisotopic (exact) mass is 335 g/mol. The van der Waals surface area contributed by atoms with Gasteiger partial charge in [-0.3, -0.25) is 14.9 Å². The van der Waals surface area contributed by atoms with E-state index in [1.807, 2.05) is 36.4 Å². The maximum absolute atomic E-state index is 12.0. The van der Waals surface area contributed by atoms with Crippen LogP contribution in [0.25, 0.3) is 0 Å². The Morgan fingerprint density at radius 2 is 1.64 bits per heavy atom. The molecule has 0 unspecified atom stereocenters. The summed E-state index contributed by atoms with van der Waals surface area (Å²) >= 11 is 0. The van der Waals surface area contributed by atoms with Crippen LogP contribution in [0.5, 0.6) is 0 Å². The number of carbonyl (C=O) groups is 2. The van der Waals surface area contributed by atoms with Crippen molar-refractivity contribution in [3.05, 3.63) is 78.1 Å². The van der Waals surface area contributed by atoms with Crippen LogP contribution in [0.3, 0.4) is 0 Å². The molecule has 0 atom stereocenters. The Morgan fingerprint density at radius 1 is 0.960 bits per heavy atom. The molecule has 1 heterocycles. The van der Waals surface area contributed by atoms with Crippen LogP contribution in [0.15, 0.2) is 67.0 Å². The number of rotatable bonds is 6. The molecule has 2 aromatic carbocycles. The molecule has 0 bridgehead atoms. The lowest BCUT2D eigenvalue weighted by molar-refractivity contribution is -0.122. The quantitative estimate of drug-likeness (QED) is 0.719. The summed E-state index contributed by atoms with van der Waals surface area (Å²) in [6.45, 7) is 0.479. The standard InChI is InChI=1S/C18H17N5O2/c24-16(19-11-14-7-3-1-4-8-14)12-23-13-20-18(22-23)21-17(25)15-9-5-2-6-10-15/h1-10,13H,11-12H2,(H,19,24)(H,21,22,25). The molecule has 0 fully saturated rings. The summed E-state index contributed by atoms with van der Waals surface area (Å²) in [4.78, 5) is 28.0. The largest absolute Gasteiger partial charge is 0.350 e. The van der Waals surface area contributed by atoms with Crippen molar-refractivity contribution in [1.29, 1.82) is 0 Å². The second-order valence-corrected chi connectivity index (χ2v) is 5.35. The van der Waals surface area contributed by atoms with Gasteiger partial charge in [0.2, 0.25) is 11.9 Å². The van der Waals surface area contributed by atoms with Gasteiger partial charge in [-0.15, -0.1) is 5.10 Å². The fraction of sp³-hybridized carbons (Fsp3) is 0.111. The van der Waals surface area contributed by atoms with E-state index in [0.717, 1.165) is 5.56 Å². The molecule has 0 spiro atoms. The van der Waals surface area contributed by atoms with E-state index >= 15 is 0 Å². The zero-order valence-electron chi connectivity index (χ0n) is 13.4. The van der Waals surface area contributed by atoms with Gasteiger partial charge in [-0.25, -0.2) is 9.67 Å². The molecule has 0 saturated heterocycles. The molecule has 25 heavy (non-hydrogen) atoms. The fourth-order valence-corrected chi connectivity index (χ4v) is 2.19. The van der Waals surface area contributed by atoms with Crippen LogP contribution in [0.4, 0.5) is 5.95 Å². The van der Waals surface area contributed by atoms with E-state index in [0.29, 0.717) is 12.1 Å². The van der Waals surface area contributed by atoms with E-state index in [4.69, 9.17) is 0 Å². The number of aromatic nitrogens is 3. The number of nitrogens with one attached hydrogen (secondary N) is 2. The van der Waals surface area contributed by atoms with E-state index in [1.54, 1.807) is 24.3 Å². The lowest BCUT2D eigenvalue weighted by Crippen LogP contribution is -2.27. The van der Waals surface area contributed by atoms with Crippen molar-refractivity contribution in [3.63, 3.8) is 0 Å². The number of carbonyl (C=O) groups excluding carboxylic acids is 2. The van der Waals surface area contributed by atoms with E-state index in [1.165, 1.54) is 11.0 Å². The zero-order chi connectivity index (χ0) is 17.5. The lowest BCUT2D eigenvalue weighted by Gasteiger charge is -2.05. The number of nitrogens with zero attached hydrogens (tertiary/aromatic N) is 3. The minimum absolute atomic E-state index is 0.0288. The van der Waals surface area contributed by atoms with Gasteiger partial charge in [0.15, 0.2) is 0 Å². The third-order valence-electron chi connectivity index (χ3n) is 3.44. The first-order chi connectivity index (χ1) is 12.2. The number of benzene rings is 2. The Labute approximate surface area is 144 Å². The summed E-state index contributed by atoms with van der Waals surface area (Å²) in [5, 5.41) is 9.49. The van der Waals surface area contributed by atoms with Gasteiger partial charge in [-0.1, -0.05) is 48.5 Å².